The van der Waals surface area contributed by atoms with E-state index >= 15 is 0 Å². The Morgan fingerprint density at radius 2 is 0.719 bits per heavy atom. The second kappa shape index (κ2) is 18.9. The molecule has 2 aromatic heterocycles. The summed E-state index contributed by atoms with van der Waals surface area (Å²) in [6, 6.07) is 45.5. The molecular formula is C45H37N11O6S2. The summed E-state index contributed by atoms with van der Waals surface area (Å²) in [5, 5.41) is 15.5. The SMILES string of the molecule is O=S(=O)(O)c1cc(Cc2nc(Nc3ccccc3)nc(Nc3ccccc3)n2)ccc1/C=C/c1ccc(Nc2nc(Nc3ccccc3)nc(Nc3ccccc3)n2)cc1S(=O)(=O)O. The van der Waals surface area contributed by atoms with Crippen LogP contribution in [0.3, 0.4) is 0 Å². The van der Waals surface area contributed by atoms with Crippen LogP contribution >= 0.6 is 0 Å². The zero-order valence-corrected chi connectivity index (χ0v) is 35.0. The summed E-state index contributed by atoms with van der Waals surface area (Å²) in [7, 11) is -9.66. The highest BCUT2D eigenvalue weighted by Gasteiger charge is 2.19. The molecule has 19 heteroatoms. The maximum atomic E-state index is 12.8. The minimum Gasteiger partial charge on any atom is -0.324 e. The topological polar surface area (TPSA) is 246 Å². The Morgan fingerprint density at radius 1 is 0.391 bits per heavy atom. The third-order valence-electron chi connectivity index (χ3n) is 9.15. The number of para-hydroxylation sites is 4. The Hall–Kier alpha value is -8.10. The predicted molar refractivity (Wildman–Crippen MR) is 246 cm³/mol. The van der Waals surface area contributed by atoms with Crippen LogP contribution in [0.5, 0.6) is 0 Å². The summed E-state index contributed by atoms with van der Waals surface area (Å²) in [6.45, 7) is 0. The van der Waals surface area contributed by atoms with E-state index in [1.54, 1.807) is 6.07 Å². The van der Waals surface area contributed by atoms with Gasteiger partial charge in [0.15, 0.2) is 0 Å². The molecule has 64 heavy (non-hydrogen) atoms. The number of aromatic nitrogens is 6. The van der Waals surface area contributed by atoms with E-state index in [4.69, 9.17) is 0 Å². The van der Waals surface area contributed by atoms with Crippen LogP contribution < -0.4 is 26.6 Å². The average molecular weight is 892 g/mol. The number of hydrogen-bond donors (Lipinski definition) is 7. The Kier molecular flexibility index (Phi) is 12.6. The summed E-state index contributed by atoms with van der Waals surface area (Å²) < 4.78 is 71.7. The highest BCUT2D eigenvalue weighted by atomic mass is 32.2. The van der Waals surface area contributed by atoms with Crippen LogP contribution in [0.1, 0.15) is 22.5 Å². The maximum absolute atomic E-state index is 12.8. The van der Waals surface area contributed by atoms with Crippen molar-refractivity contribution in [3.8, 4) is 0 Å². The summed E-state index contributed by atoms with van der Waals surface area (Å²) >= 11 is 0. The molecule has 0 unspecified atom stereocenters. The van der Waals surface area contributed by atoms with Crippen molar-refractivity contribution in [1.82, 2.24) is 29.9 Å². The van der Waals surface area contributed by atoms with Crippen molar-refractivity contribution < 1.29 is 25.9 Å². The zero-order valence-electron chi connectivity index (χ0n) is 33.4. The number of nitrogens with one attached hydrogen (secondary N) is 5. The van der Waals surface area contributed by atoms with E-state index in [0.29, 0.717) is 16.9 Å². The Morgan fingerprint density at radius 3 is 1.09 bits per heavy atom. The van der Waals surface area contributed by atoms with Crippen LogP contribution in [-0.4, -0.2) is 55.8 Å². The largest absolute Gasteiger partial charge is 0.324 e. The molecule has 0 amide bonds. The molecule has 2 heterocycles. The van der Waals surface area contributed by atoms with Crippen LogP contribution in [0.15, 0.2) is 168 Å². The van der Waals surface area contributed by atoms with Crippen LogP contribution in [0.25, 0.3) is 12.2 Å². The number of benzene rings is 6. The number of nitrogens with zero attached hydrogens (tertiary/aromatic N) is 6. The molecule has 0 radical (unpaired) electrons. The van der Waals surface area contributed by atoms with E-state index in [2.05, 4.69) is 56.5 Å². The summed E-state index contributed by atoms with van der Waals surface area (Å²) in [5.74, 6) is 1.16. The molecule has 0 aliphatic rings. The number of anilines is 10. The van der Waals surface area contributed by atoms with Gasteiger partial charge in [-0.1, -0.05) is 103 Å². The molecule has 8 aromatic rings. The van der Waals surface area contributed by atoms with Crippen molar-refractivity contribution in [3.05, 3.63) is 180 Å². The van der Waals surface area contributed by atoms with E-state index in [-0.39, 0.29) is 58.8 Å². The average Bonchev–Trinajstić information content (AvgIpc) is 3.27. The molecule has 0 saturated heterocycles. The molecule has 0 bridgehead atoms. The molecule has 0 aliphatic carbocycles. The first-order chi connectivity index (χ1) is 30.9. The predicted octanol–water partition coefficient (Wildman–Crippen LogP) is 9.03. The van der Waals surface area contributed by atoms with Crippen molar-refractivity contribution in [3.63, 3.8) is 0 Å². The smallest absolute Gasteiger partial charge is 0.295 e. The first-order valence-corrected chi connectivity index (χ1v) is 22.2. The monoisotopic (exact) mass is 891 g/mol. The van der Waals surface area contributed by atoms with Crippen molar-refractivity contribution in [2.45, 2.75) is 16.2 Å². The highest BCUT2D eigenvalue weighted by molar-refractivity contribution is 7.86. The maximum Gasteiger partial charge on any atom is 0.295 e. The molecule has 0 fully saturated rings. The molecule has 320 valence electrons. The molecule has 17 nitrogen and oxygen atoms in total. The van der Waals surface area contributed by atoms with Crippen molar-refractivity contribution in [2.24, 2.45) is 0 Å². The van der Waals surface area contributed by atoms with Crippen LogP contribution in [0.2, 0.25) is 0 Å². The number of hydrogen-bond acceptors (Lipinski definition) is 15. The zero-order chi connectivity index (χ0) is 44.5. The van der Waals surface area contributed by atoms with Gasteiger partial charge in [0.05, 0.1) is 0 Å². The van der Waals surface area contributed by atoms with Gasteiger partial charge in [-0.05, 0) is 83.4 Å². The fourth-order valence-corrected chi connectivity index (χ4v) is 7.71. The summed E-state index contributed by atoms with van der Waals surface area (Å²) in [4.78, 5) is 26.1. The van der Waals surface area contributed by atoms with Gasteiger partial charge in [0.2, 0.25) is 29.7 Å². The standard InChI is InChI=1S/C45H37N11O6S2/c57-63(58,59)38-27-30(28-40-51-41(46-33-13-5-1-6-14-33)53-42(52-40)47-34-15-7-2-8-16-34)21-22-31(38)23-24-32-25-26-37(29-39(32)64(60,61)62)50-45-55-43(48-35-17-9-3-10-18-35)54-44(56-45)49-36-19-11-4-12-20-36/h1-27,29H,28H2,(H,57,58,59)(H,60,61,62)(H2,46,47,51,52,53)(H3,48,49,50,54,55,56)/b24-23+. The minimum atomic E-state index is -4.84. The van der Waals surface area contributed by atoms with Gasteiger partial charge in [-0.15, -0.1) is 0 Å². The van der Waals surface area contributed by atoms with E-state index in [9.17, 15) is 25.9 Å². The molecule has 7 N–H and O–H groups in total. The van der Waals surface area contributed by atoms with E-state index in [1.165, 1.54) is 42.5 Å². The van der Waals surface area contributed by atoms with E-state index < -0.39 is 30.0 Å². The van der Waals surface area contributed by atoms with Gasteiger partial charge in [-0.25, -0.2) is 0 Å². The highest BCUT2D eigenvalue weighted by Crippen LogP contribution is 2.28. The Labute approximate surface area is 368 Å². The summed E-state index contributed by atoms with van der Waals surface area (Å²) in [5.41, 5.74) is 3.55. The normalized spacial score (nSPS) is 11.5. The Balaban J connectivity index is 1.07. The fraction of sp³-hybridized carbons (Fsp3) is 0.0222. The fourth-order valence-electron chi connectivity index (χ4n) is 6.27. The molecule has 6 aromatic carbocycles. The van der Waals surface area contributed by atoms with Crippen LogP contribution in [-0.2, 0) is 26.7 Å². The summed E-state index contributed by atoms with van der Waals surface area (Å²) in [6.07, 6.45) is 2.65. The second-order valence-corrected chi connectivity index (χ2v) is 16.7. The third kappa shape index (κ3) is 11.4. The molecule has 0 saturated carbocycles. The van der Waals surface area contributed by atoms with E-state index in [1.807, 2.05) is 121 Å². The van der Waals surface area contributed by atoms with Gasteiger partial charge in [0, 0.05) is 34.9 Å². The molecule has 0 atom stereocenters. The number of rotatable bonds is 16. The van der Waals surface area contributed by atoms with Crippen LogP contribution in [0.4, 0.5) is 58.2 Å². The lowest BCUT2D eigenvalue weighted by Crippen LogP contribution is -2.09. The van der Waals surface area contributed by atoms with Gasteiger partial charge in [0.25, 0.3) is 20.2 Å². The minimum absolute atomic E-state index is 0.00834. The van der Waals surface area contributed by atoms with Crippen molar-refractivity contribution >= 4 is 90.6 Å². The second-order valence-electron chi connectivity index (χ2n) is 13.9. The van der Waals surface area contributed by atoms with Gasteiger partial charge in [-0.2, -0.15) is 46.7 Å². The quantitative estimate of drug-likeness (QED) is 0.0353. The lowest BCUT2D eigenvalue weighted by molar-refractivity contribution is 0.480. The van der Waals surface area contributed by atoms with Gasteiger partial charge < -0.3 is 26.6 Å². The molecule has 0 spiro atoms. The first-order valence-electron chi connectivity index (χ1n) is 19.4. The van der Waals surface area contributed by atoms with Gasteiger partial charge in [-0.3, -0.25) is 9.11 Å². The van der Waals surface area contributed by atoms with E-state index in [0.717, 1.165) is 11.4 Å². The molecular weight excluding hydrogens is 855 g/mol. The third-order valence-corrected chi connectivity index (χ3v) is 11.0. The Bertz CT molecular complexity index is 2840. The first kappa shape index (κ1) is 42.6. The van der Waals surface area contributed by atoms with Crippen molar-refractivity contribution in [1.29, 1.82) is 0 Å². The lowest BCUT2D eigenvalue weighted by atomic mass is 10.1. The molecule has 8 rings (SSSR count). The van der Waals surface area contributed by atoms with Gasteiger partial charge in [0.1, 0.15) is 15.6 Å². The lowest BCUT2D eigenvalue weighted by Gasteiger charge is -2.13. The molecule has 0 aliphatic heterocycles. The van der Waals surface area contributed by atoms with Gasteiger partial charge >= 0.3 is 0 Å². The van der Waals surface area contributed by atoms with Crippen molar-refractivity contribution in [2.75, 3.05) is 26.6 Å². The van der Waals surface area contributed by atoms with Crippen LogP contribution in [0, 0.1) is 0 Å².